The van der Waals surface area contributed by atoms with E-state index in [1.54, 1.807) is 0 Å². The number of Topliss-reactive ketones (excluding diaryl/α,β-unsaturated/α-hetero) is 1. The van der Waals surface area contributed by atoms with Crippen LogP contribution in [-0.2, 0) is 4.74 Å². The van der Waals surface area contributed by atoms with Crippen molar-refractivity contribution in [2.45, 2.75) is 90.5 Å². The second kappa shape index (κ2) is 9.51. The molecule has 5 heteroatoms. The Labute approximate surface area is 180 Å². The van der Waals surface area contributed by atoms with Crippen LogP contribution in [0.2, 0.25) is 0 Å². The molecule has 166 valence electrons. The van der Waals surface area contributed by atoms with E-state index in [4.69, 9.17) is 4.74 Å². The first-order valence-corrected chi connectivity index (χ1v) is 11.5. The second-order valence-corrected chi connectivity index (χ2v) is 9.88. The molecule has 3 atom stereocenters. The number of ketones is 1. The molecular weight excluding hydrogens is 378 g/mol. The van der Waals surface area contributed by atoms with Gasteiger partial charge in [0.15, 0.2) is 5.78 Å². The van der Waals surface area contributed by atoms with Crippen molar-refractivity contribution < 1.29 is 19.4 Å². The zero-order valence-corrected chi connectivity index (χ0v) is 18.8. The molecule has 1 aromatic carbocycles. The summed E-state index contributed by atoms with van der Waals surface area (Å²) < 4.78 is 6.34. The summed E-state index contributed by atoms with van der Waals surface area (Å²) in [5.41, 5.74) is -0.167. The lowest BCUT2D eigenvalue weighted by Gasteiger charge is -2.34. The highest BCUT2D eigenvalue weighted by molar-refractivity contribution is 5.98. The van der Waals surface area contributed by atoms with E-state index in [2.05, 4.69) is 13.8 Å². The molecule has 3 rings (SSSR count). The fraction of sp³-hybridized carbons (Fsp3) is 0.680. The molecule has 1 saturated heterocycles. The van der Waals surface area contributed by atoms with Crippen LogP contribution < -0.4 is 0 Å². The zero-order chi connectivity index (χ0) is 21.9. The normalized spacial score (nSPS) is 25.4. The average Bonchev–Trinajstić information content (AvgIpc) is 2.96. The molecule has 1 heterocycles. The maximum absolute atomic E-state index is 13.3. The van der Waals surface area contributed by atoms with Crippen LogP contribution in [0.25, 0.3) is 0 Å². The van der Waals surface area contributed by atoms with Gasteiger partial charge in [-0.25, -0.2) is 4.79 Å². The lowest BCUT2D eigenvalue weighted by Crippen LogP contribution is -2.48. The summed E-state index contributed by atoms with van der Waals surface area (Å²) in [6.45, 7) is 7.80. The SMILES string of the molecule is CC(C)[C@H](C[C@@H]1OC(C)(C)N(C(=O)O)[C@H]1CC1CCCCC1)C(=O)c1ccccc1. The van der Waals surface area contributed by atoms with Crippen molar-refractivity contribution in [3.63, 3.8) is 0 Å². The Kier molecular flexibility index (Phi) is 7.22. The summed E-state index contributed by atoms with van der Waals surface area (Å²) in [6, 6.07) is 9.20. The van der Waals surface area contributed by atoms with E-state index in [1.165, 1.54) is 24.2 Å². The minimum Gasteiger partial charge on any atom is -0.465 e. The third kappa shape index (κ3) is 5.05. The highest BCUT2D eigenvalue weighted by atomic mass is 16.6. The highest BCUT2D eigenvalue weighted by Crippen LogP contribution is 2.41. The van der Waals surface area contributed by atoms with Crippen molar-refractivity contribution in [3.05, 3.63) is 35.9 Å². The fourth-order valence-electron chi connectivity index (χ4n) is 5.42. The van der Waals surface area contributed by atoms with Crippen molar-refractivity contribution in [3.8, 4) is 0 Å². The van der Waals surface area contributed by atoms with Gasteiger partial charge in [0, 0.05) is 11.5 Å². The summed E-state index contributed by atoms with van der Waals surface area (Å²) in [4.78, 5) is 26.9. The molecule has 0 bridgehead atoms. The van der Waals surface area contributed by atoms with E-state index in [-0.39, 0.29) is 29.8 Å². The molecule has 2 fully saturated rings. The largest absolute Gasteiger partial charge is 0.465 e. The lowest BCUT2D eigenvalue weighted by molar-refractivity contribution is -0.0711. The number of nitrogens with zero attached hydrogens (tertiary/aromatic N) is 1. The molecule has 1 aliphatic heterocycles. The minimum absolute atomic E-state index is 0.122. The molecule has 0 spiro atoms. The van der Waals surface area contributed by atoms with Gasteiger partial charge in [0.1, 0.15) is 5.72 Å². The monoisotopic (exact) mass is 415 g/mol. The molecule has 2 aliphatic rings. The third-order valence-corrected chi connectivity index (χ3v) is 6.97. The van der Waals surface area contributed by atoms with Crippen LogP contribution in [-0.4, -0.2) is 39.8 Å². The van der Waals surface area contributed by atoms with Crippen LogP contribution in [0, 0.1) is 17.8 Å². The van der Waals surface area contributed by atoms with Crippen LogP contribution in [0.1, 0.15) is 83.0 Å². The quantitative estimate of drug-likeness (QED) is 0.556. The van der Waals surface area contributed by atoms with Crippen molar-refractivity contribution in [1.82, 2.24) is 4.90 Å². The first-order valence-electron chi connectivity index (χ1n) is 11.5. The second-order valence-electron chi connectivity index (χ2n) is 9.88. The number of amides is 1. The molecule has 0 radical (unpaired) electrons. The van der Waals surface area contributed by atoms with Crippen molar-refractivity contribution in [2.75, 3.05) is 0 Å². The van der Waals surface area contributed by atoms with Crippen LogP contribution >= 0.6 is 0 Å². The maximum Gasteiger partial charge on any atom is 0.409 e. The van der Waals surface area contributed by atoms with Gasteiger partial charge in [-0.15, -0.1) is 0 Å². The number of hydrogen-bond acceptors (Lipinski definition) is 3. The van der Waals surface area contributed by atoms with Crippen molar-refractivity contribution in [2.24, 2.45) is 17.8 Å². The molecule has 1 amide bonds. The smallest absolute Gasteiger partial charge is 0.409 e. The predicted molar refractivity (Wildman–Crippen MR) is 118 cm³/mol. The Morgan fingerprint density at radius 2 is 1.77 bits per heavy atom. The van der Waals surface area contributed by atoms with Gasteiger partial charge < -0.3 is 9.84 Å². The summed E-state index contributed by atoms with van der Waals surface area (Å²) in [6.07, 6.45) is 6.22. The molecule has 1 aliphatic carbocycles. The van der Waals surface area contributed by atoms with Gasteiger partial charge in [-0.3, -0.25) is 9.69 Å². The molecule has 30 heavy (non-hydrogen) atoms. The Hall–Kier alpha value is -1.88. The van der Waals surface area contributed by atoms with Gasteiger partial charge >= 0.3 is 6.09 Å². The van der Waals surface area contributed by atoms with E-state index in [0.717, 1.165) is 19.3 Å². The molecule has 5 nitrogen and oxygen atoms in total. The summed E-state index contributed by atoms with van der Waals surface area (Å²) in [5.74, 6) is 0.611. The highest BCUT2D eigenvalue weighted by Gasteiger charge is 2.51. The lowest BCUT2D eigenvalue weighted by atomic mass is 9.79. The maximum atomic E-state index is 13.3. The first kappa shape index (κ1) is 22.8. The number of carbonyl (C=O) groups excluding carboxylic acids is 1. The first-order chi connectivity index (χ1) is 14.2. The fourth-order valence-corrected chi connectivity index (χ4v) is 5.42. The van der Waals surface area contributed by atoms with E-state index < -0.39 is 11.8 Å². The van der Waals surface area contributed by atoms with Crippen LogP contribution in [0.15, 0.2) is 30.3 Å². The van der Waals surface area contributed by atoms with Crippen LogP contribution in [0.5, 0.6) is 0 Å². The average molecular weight is 416 g/mol. The number of ether oxygens (including phenoxy) is 1. The molecule has 1 saturated carbocycles. The standard InChI is InChI=1S/C25H37NO4/c1-17(2)20(23(27)19-13-9-6-10-14-19)16-22-21(15-18-11-7-5-8-12-18)26(24(28)29)25(3,4)30-22/h6,9-10,13-14,17-18,20-22H,5,7-8,11-12,15-16H2,1-4H3,(H,28,29)/t20-,21-,22-/m0/s1. The molecule has 0 aromatic heterocycles. The van der Waals surface area contributed by atoms with Crippen molar-refractivity contribution >= 4 is 11.9 Å². The Balaban J connectivity index is 1.84. The van der Waals surface area contributed by atoms with Crippen LogP contribution in [0.3, 0.4) is 0 Å². The molecule has 1 aromatic rings. The topological polar surface area (TPSA) is 66.8 Å². The van der Waals surface area contributed by atoms with Gasteiger partial charge in [-0.1, -0.05) is 76.3 Å². The van der Waals surface area contributed by atoms with Gasteiger partial charge in [0.05, 0.1) is 12.1 Å². The number of rotatable bonds is 7. The van der Waals surface area contributed by atoms with E-state index in [1.807, 2.05) is 44.2 Å². The minimum atomic E-state index is -0.932. The number of hydrogen-bond donors (Lipinski definition) is 1. The number of benzene rings is 1. The van der Waals surface area contributed by atoms with E-state index >= 15 is 0 Å². The Morgan fingerprint density at radius 3 is 2.33 bits per heavy atom. The summed E-state index contributed by atoms with van der Waals surface area (Å²) in [7, 11) is 0. The van der Waals surface area contributed by atoms with Gasteiger partial charge in [-0.05, 0) is 38.5 Å². The molecule has 1 N–H and O–H groups in total. The number of carbonyl (C=O) groups is 2. The zero-order valence-electron chi connectivity index (χ0n) is 18.8. The van der Waals surface area contributed by atoms with Crippen molar-refractivity contribution in [1.29, 1.82) is 0 Å². The van der Waals surface area contributed by atoms with Gasteiger partial charge in [0.2, 0.25) is 0 Å². The third-order valence-electron chi connectivity index (χ3n) is 6.97. The Morgan fingerprint density at radius 1 is 1.13 bits per heavy atom. The predicted octanol–water partition coefficient (Wildman–Crippen LogP) is 5.99. The summed E-state index contributed by atoms with van der Waals surface area (Å²) >= 11 is 0. The Bertz CT molecular complexity index is 724. The van der Waals surface area contributed by atoms with E-state index in [9.17, 15) is 14.7 Å². The molecular formula is C25H37NO4. The van der Waals surface area contributed by atoms with Gasteiger partial charge in [-0.2, -0.15) is 0 Å². The van der Waals surface area contributed by atoms with Gasteiger partial charge in [0.25, 0.3) is 0 Å². The summed E-state index contributed by atoms with van der Waals surface area (Å²) in [5, 5.41) is 9.98. The number of carboxylic acid groups (broad SMARTS) is 1. The molecule has 0 unspecified atom stereocenters. The van der Waals surface area contributed by atoms with E-state index in [0.29, 0.717) is 17.9 Å². The van der Waals surface area contributed by atoms with Crippen LogP contribution in [0.4, 0.5) is 4.79 Å².